The van der Waals surface area contributed by atoms with Crippen molar-refractivity contribution in [2.24, 2.45) is 0 Å². The summed E-state index contributed by atoms with van der Waals surface area (Å²) in [6.45, 7) is 5.17. The number of hydrogen-bond acceptors (Lipinski definition) is 5. The smallest absolute Gasteiger partial charge is 0.258 e. The van der Waals surface area contributed by atoms with E-state index in [1.165, 1.54) is 17.3 Å². The Kier molecular flexibility index (Phi) is 8.89. The van der Waals surface area contributed by atoms with Crippen LogP contribution in [0.5, 0.6) is 0 Å². The predicted octanol–water partition coefficient (Wildman–Crippen LogP) is 4.69. The highest BCUT2D eigenvalue weighted by Gasteiger charge is 2.45. The number of nitrogens with one attached hydrogen (secondary N) is 1. The first-order valence-corrected chi connectivity index (χ1v) is 15.7. The maximum Gasteiger partial charge on any atom is 0.258 e. The number of carbonyl (C=O) groups excluding carboxylic acids is 1. The minimum Gasteiger partial charge on any atom is -0.347 e. The number of halogens is 2. The van der Waals surface area contributed by atoms with Crippen LogP contribution in [0.25, 0.3) is 11.1 Å². The first kappa shape index (κ1) is 29.3. The maximum atomic E-state index is 15.5. The first-order valence-electron chi connectivity index (χ1n) is 11.9. The lowest BCUT2D eigenvalue weighted by molar-refractivity contribution is -0.135. The molecular formula is C26H32ClFN2O5S2. The standard InChI is InChI=1S/C26H32ClFN2O5S2/c1-18(2)20-9-10-24(22(17-20)21-7-5-6-8-23(21)27)37(34,35)30-14-12-26(28,13-15-30)25(31)29-19(3)11-16-36(4,32)33/h5-11,16-19H,12-15H2,1-4H3,(H,29,31)/b16-11-/t19-/m1/s1. The van der Waals surface area contributed by atoms with Gasteiger partial charge in [0.25, 0.3) is 5.91 Å². The zero-order valence-electron chi connectivity index (χ0n) is 21.2. The van der Waals surface area contributed by atoms with Gasteiger partial charge in [-0.15, -0.1) is 0 Å². The number of sulfone groups is 1. The van der Waals surface area contributed by atoms with E-state index < -0.39 is 37.5 Å². The van der Waals surface area contributed by atoms with Gasteiger partial charge in [0.05, 0.1) is 4.90 Å². The number of rotatable bonds is 8. The van der Waals surface area contributed by atoms with Crippen LogP contribution in [-0.2, 0) is 24.7 Å². The molecule has 1 aliphatic heterocycles. The molecule has 1 atom stereocenters. The Balaban J connectivity index is 1.84. The van der Waals surface area contributed by atoms with Crippen LogP contribution in [0.3, 0.4) is 0 Å². The van der Waals surface area contributed by atoms with Gasteiger partial charge in [-0.2, -0.15) is 4.31 Å². The van der Waals surface area contributed by atoms with Crippen molar-refractivity contribution in [3.8, 4) is 11.1 Å². The molecule has 2 aromatic carbocycles. The van der Waals surface area contributed by atoms with Crippen LogP contribution in [0, 0.1) is 0 Å². The molecule has 0 aromatic heterocycles. The molecule has 1 saturated heterocycles. The van der Waals surface area contributed by atoms with Crippen molar-refractivity contribution < 1.29 is 26.0 Å². The monoisotopic (exact) mass is 570 g/mol. The lowest BCUT2D eigenvalue weighted by atomic mass is 9.93. The highest BCUT2D eigenvalue weighted by atomic mass is 35.5. The molecule has 0 bridgehead atoms. The molecule has 1 fully saturated rings. The lowest BCUT2D eigenvalue weighted by Gasteiger charge is -2.35. The molecule has 1 aliphatic rings. The number of hydrogen-bond donors (Lipinski definition) is 1. The third-order valence-electron chi connectivity index (χ3n) is 6.35. The molecule has 1 N–H and O–H groups in total. The number of benzene rings is 2. The number of piperidine rings is 1. The van der Waals surface area contributed by atoms with Crippen molar-refractivity contribution in [2.75, 3.05) is 19.3 Å². The van der Waals surface area contributed by atoms with Gasteiger partial charge in [-0.05, 0) is 36.6 Å². The summed E-state index contributed by atoms with van der Waals surface area (Å²) in [4.78, 5) is 12.7. The van der Waals surface area contributed by atoms with Gasteiger partial charge >= 0.3 is 0 Å². The second-order valence-electron chi connectivity index (χ2n) is 9.68. The summed E-state index contributed by atoms with van der Waals surface area (Å²) in [6, 6.07) is 11.4. The van der Waals surface area contributed by atoms with Gasteiger partial charge in [0, 0.05) is 59.8 Å². The molecule has 11 heteroatoms. The van der Waals surface area contributed by atoms with E-state index in [-0.39, 0.29) is 36.7 Å². The molecule has 0 aliphatic carbocycles. The normalized spacial score (nSPS) is 17.7. The van der Waals surface area contributed by atoms with Gasteiger partial charge in [0.1, 0.15) is 0 Å². The van der Waals surface area contributed by atoms with Gasteiger partial charge in [-0.3, -0.25) is 4.79 Å². The quantitative estimate of drug-likeness (QED) is 0.496. The van der Waals surface area contributed by atoms with Crippen LogP contribution < -0.4 is 5.32 Å². The van der Waals surface area contributed by atoms with Gasteiger partial charge in [0.15, 0.2) is 15.5 Å². The molecule has 0 saturated carbocycles. The SMILES string of the molecule is CC(C)c1ccc(S(=O)(=O)N2CCC(F)(C(=O)N[C@H](C)/C=C\S(C)(=O)=O)CC2)c(-c2ccccc2Cl)c1. The minimum atomic E-state index is -4.03. The zero-order chi connectivity index (χ0) is 27.6. The van der Waals surface area contributed by atoms with E-state index in [4.69, 9.17) is 11.6 Å². The summed E-state index contributed by atoms with van der Waals surface area (Å²) < 4.78 is 66.7. The van der Waals surface area contributed by atoms with Gasteiger partial charge in [-0.25, -0.2) is 21.2 Å². The average Bonchev–Trinajstić information content (AvgIpc) is 2.82. The highest BCUT2D eigenvalue weighted by Crippen LogP contribution is 2.38. The largest absolute Gasteiger partial charge is 0.347 e. The maximum absolute atomic E-state index is 15.5. The number of amides is 1. The molecule has 1 amide bonds. The predicted molar refractivity (Wildman–Crippen MR) is 144 cm³/mol. The van der Waals surface area contributed by atoms with E-state index in [0.717, 1.165) is 17.2 Å². The molecule has 2 aromatic rings. The fourth-order valence-corrected chi connectivity index (χ4v) is 6.50. The zero-order valence-corrected chi connectivity index (χ0v) is 23.6. The summed E-state index contributed by atoms with van der Waals surface area (Å²) in [5.41, 5.74) is -0.270. The molecule has 0 unspecified atom stereocenters. The van der Waals surface area contributed by atoms with E-state index in [9.17, 15) is 21.6 Å². The lowest BCUT2D eigenvalue weighted by Crippen LogP contribution is -2.53. The third-order valence-corrected chi connectivity index (χ3v) is 9.29. The van der Waals surface area contributed by atoms with Crippen molar-refractivity contribution in [2.45, 2.75) is 56.1 Å². The summed E-state index contributed by atoms with van der Waals surface area (Å²) in [5, 5.41) is 3.81. The van der Waals surface area contributed by atoms with E-state index >= 15 is 4.39 Å². The van der Waals surface area contributed by atoms with Crippen LogP contribution in [0.4, 0.5) is 4.39 Å². The molecule has 1 heterocycles. The Morgan fingerprint density at radius 2 is 1.68 bits per heavy atom. The molecule has 202 valence electrons. The topological polar surface area (TPSA) is 101 Å². The van der Waals surface area contributed by atoms with Crippen molar-refractivity contribution in [3.63, 3.8) is 0 Å². The summed E-state index contributed by atoms with van der Waals surface area (Å²) in [5.74, 6) is -0.735. The number of carbonyl (C=O) groups is 1. The third kappa shape index (κ3) is 6.98. The summed E-state index contributed by atoms with van der Waals surface area (Å²) >= 11 is 6.42. The van der Waals surface area contributed by atoms with Crippen molar-refractivity contribution in [1.29, 1.82) is 0 Å². The highest BCUT2D eigenvalue weighted by molar-refractivity contribution is 7.93. The molecular weight excluding hydrogens is 539 g/mol. The summed E-state index contributed by atoms with van der Waals surface area (Å²) in [7, 11) is -7.41. The molecule has 0 spiro atoms. The van der Waals surface area contributed by atoms with Crippen LogP contribution >= 0.6 is 11.6 Å². The molecule has 37 heavy (non-hydrogen) atoms. The van der Waals surface area contributed by atoms with E-state index in [0.29, 0.717) is 16.1 Å². The van der Waals surface area contributed by atoms with Gasteiger partial charge in [-0.1, -0.05) is 55.8 Å². The Morgan fingerprint density at radius 1 is 1.05 bits per heavy atom. The van der Waals surface area contributed by atoms with Crippen LogP contribution in [0.2, 0.25) is 5.02 Å². The Hall–Kier alpha value is -2.27. The fourth-order valence-electron chi connectivity index (χ4n) is 4.11. The van der Waals surface area contributed by atoms with E-state index in [1.807, 2.05) is 19.9 Å². The number of nitrogens with zero attached hydrogens (tertiary/aromatic N) is 1. The van der Waals surface area contributed by atoms with Gasteiger partial charge < -0.3 is 5.32 Å². The Labute approximate surface area is 223 Å². The fraction of sp³-hybridized carbons (Fsp3) is 0.423. The van der Waals surface area contributed by atoms with Crippen LogP contribution in [0.1, 0.15) is 45.1 Å². The van der Waals surface area contributed by atoms with Crippen LogP contribution in [-0.4, -0.2) is 58.1 Å². The first-order chi connectivity index (χ1) is 17.1. The summed E-state index contributed by atoms with van der Waals surface area (Å²) in [6.07, 6.45) is 1.61. The van der Waals surface area contributed by atoms with E-state index in [2.05, 4.69) is 5.32 Å². The van der Waals surface area contributed by atoms with Gasteiger partial charge in [0.2, 0.25) is 10.0 Å². The number of alkyl halides is 1. The minimum absolute atomic E-state index is 0.0698. The second-order valence-corrected chi connectivity index (χ2v) is 13.9. The van der Waals surface area contributed by atoms with Crippen molar-refractivity contribution >= 4 is 37.4 Å². The van der Waals surface area contributed by atoms with Crippen LogP contribution in [0.15, 0.2) is 58.8 Å². The molecule has 7 nitrogen and oxygen atoms in total. The number of sulfonamides is 1. The Morgan fingerprint density at radius 3 is 2.24 bits per heavy atom. The Bertz CT molecular complexity index is 1400. The second kappa shape index (κ2) is 11.2. The van der Waals surface area contributed by atoms with E-state index in [1.54, 1.807) is 36.4 Å². The van der Waals surface area contributed by atoms with Crippen molar-refractivity contribution in [3.05, 3.63) is 64.5 Å². The molecule has 3 rings (SSSR count). The average molecular weight is 571 g/mol. The van der Waals surface area contributed by atoms with Crippen molar-refractivity contribution in [1.82, 2.24) is 9.62 Å². The molecule has 0 radical (unpaired) electrons.